The van der Waals surface area contributed by atoms with Crippen molar-refractivity contribution in [1.29, 1.82) is 0 Å². The molecule has 2 amide bonds. The summed E-state index contributed by atoms with van der Waals surface area (Å²) in [5.41, 5.74) is 1.74. The van der Waals surface area contributed by atoms with Crippen molar-refractivity contribution in [2.24, 2.45) is 11.8 Å². The van der Waals surface area contributed by atoms with Crippen LogP contribution in [0.25, 0.3) is 0 Å². The molecule has 6 nitrogen and oxygen atoms in total. The molecule has 2 aromatic carbocycles. The smallest absolute Gasteiger partial charge is 0.231 e. The maximum Gasteiger partial charge on any atom is 0.231 e. The van der Waals surface area contributed by atoms with E-state index in [0.717, 1.165) is 5.56 Å². The van der Waals surface area contributed by atoms with Crippen LogP contribution in [-0.4, -0.2) is 29.5 Å². The van der Waals surface area contributed by atoms with E-state index in [1.165, 1.54) is 0 Å². The summed E-state index contributed by atoms with van der Waals surface area (Å²) in [4.78, 5) is 27.4. The number of amides is 2. The van der Waals surface area contributed by atoms with Gasteiger partial charge in [0.25, 0.3) is 0 Å². The van der Waals surface area contributed by atoms with E-state index in [1.807, 2.05) is 49.1 Å². The minimum absolute atomic E-state index is 0.0460. The highest BCUT2D eigenvalue weighted by Gasteiger charge is 2.49. The first kappa shape index (κ1) is 18.3. The molecule has 1 N–H and O–H groups in total. The van der Waals surface area contributed by atoms with E-state index in [9.17, 15) is 9.59 Å². The van der Waals surface area contributed by atoms with Crippen molar-refractivity contribution in [3.63, 3.8) is 0 Å². The van der Waals surface area contributed by atoms with Gasteiger partial charge >= 0.3 is 0 Å². The van der Waals surface area contributed by atoms with Gasteiger partial charge in [-0.1, -0.05) is 30.3 Å². The fraction of sp³-hybridized carbons (Fsp3) is 0.364. The minimum Gasteiger partial charge on any atom is -0.454 e. The molecular formula is C22H24N2O4. The van der Waals surface area contributed by atoms with Gasteiger partial charge in [-0.2, -0.15) is 0 Å². The first-order valence-electron chi connectivity index (χ1n) is 9.58. The molecule has 2 atom stereocenters. The number of anilines is 1. The highest BCUT2D eigenvalue weighted by atomic mass is 16.7. The van der Waals surface area contributed by atoms with Crippen molar-refractivity contribution >= 4 is 17.5 Å². The highest BCUT2D eigenvalue weighted by Crippen LogP contribution is 2.42. The van der Waals surface area contributed by atoms with Crippen molar-refractivity contribution in [3.8, 4) is 11.5 Å². The van der Waals surface area contributed by atoms with Gasteiger partial charge in [0.05, 0.1) is 11.8 Å². The molecule has 1 heterocycles. The molecule has 2 aromatic rings. The number of ether oxygens (including phenoxy) is 2. The second-order valence-electron chi connectivity index (χ2n) is 7.55. The maximum atomic E-state index is 13.0. The van der Waals surface area contributed by atoms with Gasteiger partial charge in [-0.25, -0.2) is 0 Å². The molecule has 0 saturated heterocycles. The van der Waals surface area contributed by atoms with Gasteiger partial charge in [0.2, 0.25) is 18.6 Å². The summed E-state index contributed by atoms with van der Waals surface area (Å²) in [5, 5.41) is 2.89. The predicted octanol–water partition coefficient (Wildman–Crippen LogP) is 3.43. The van der Waals surface area contributed by atoms with Crippen LogP contribution in [0.2, 0.25) is 0 Å². The summed E-state index contributed by atoms with van der Waals surface area (Å²) in [5.74, 6) is 0.682. The zero-order chi connectivity index (χ0) is 19.7. The first-order chi connectivity index (χ1) is 13.5. The van der Waals surface area contributed by atoms with Gasteiger partial charge in [0.15, 0.2) is 11.5 Å². The predicted molar refractivity (Wildman–Crippen MR) is 105 cm³/mol. The van der Waals surface area contributed by atoms with Gasteiger partial charge in [0, 0.05) is 24.3 Å². The van der Waals surface area contributed by atoms with Crippen molar-refractivity contribution in [2.45, 2.75) is 32.9 Å². The number of rotatable bonds is 6. The van der Waals surface area contributed by atoms with E-state index in [2.05, 4.69) is 5.32 Å². The van der Waals surface area contributed by atoms with Crippen molar-refractivity contribution in [3.05, 3.63) is 54.1 Å². The molecule has 4 rings (SSSR count). The molecule has 6 heteroatoms. The third kappa shape index (κ3) is 3.81. The fourth-order valence-corrected chi connectivity index (χ4v) is 3.48. The van der Waals surface area contributed by atoms with Crippen LogP contribution >= 0.6 is 0 Å². The lowest BCUT2D eigenvalue weighted by Gasteiger charge is -2.27. The monoisotopic (exact) mass is 380 g/mol. The Hall–Kier alpha value is -3.02. The second kappa shape index (κ2) is 7.54. The van der Waals surface area contributed by atoms with Crippen LogP contribution in [-0.2, 0) is 16.1 Å². The van der Waals surface area contributed by atoms with Crippen LogP contribution in [0.15, 0.2) is 48.5 Å². The largest absolute Gasteiger partial charge is 0.454 e. The Bertz CT molecular complexity index is 881. The van der Waals surface area contributed by atoms with E-state index < -0.39 is 0 Å². The lowest BCUT2D eigenvalue weighted by Crippen LogP contribution is -2.38. The number of nitrogens with one attached hydrogen (secondary N) is 1. The third-order valence-electron chi connectivity index (χ3n) is 5.19. The minimum atomic E-state index is -0.282. The molecule has 1 fully saturated rings. The van der Waals surface area contributed by atoms with Crippen LogP contribution in [0.4, 0.5) is 5.69 Å². The molecule has 0 spiro atoms. The molecule has 1 aliphatic heterocycles. The third-order valence-corrected chi connectivity index (χ3v) is 5.19. The Balaban J connectivity index is 1.37. The molecule has 0 radical (unpaired) electrons. The summed E-state index contributed by atoms with van der Waals surface area (Å²) in [6.45, 7) is 4.76. The number of carbonyl (C=O) groups excluding carboxylic acids is 2. The summed E-state index contributed by atoms with van der Waals surface area (Å²) in [7, 11) is 0. The Morgan fingerprint density at radius 3 is 2.57 bits per heavy atom. The Morgan fingerprint density at radius 2 is 1.82 bits per heavy atom. The second-order valence-corrected chi connectivity index (χ2v) is 7.55. The van der Waals surface area contributed by atoms with Gasteiger partial charge in [0.1, 0.15) is 0 Å². The average molecular weight is 380 g/mol. The maximum absolute atomic E-state index is 13.0. The lowest BCUT2D eigenvalue weighted by molar-refractivity contribution is -0.136. The van der Waals surface area contributed by atoms with Crippen LogP contribution in [0.3, 0.4) is 0 Å². The van der Waals surface area contributed by atoms with Gasteiger partial charge in [-0.15, -0.1) is 0 Å². The zero-order valence-electron chi connectivity index (χ0n) is 16.1. The van der Waals surface area contributed by atoms with Crippen molar-refractivity contribution in [1.82, 2.24) is 4.90 Å². The summed E-state index contributed by atoms with van der Waals surface area (Å²) >= 11 is 0. The molecule has 1 saturated carbocycles. The number of nitrogens with zero attached hydrogens (tertiary/aromatic N) is 1. The van der Waals surface area contributed by atoms with Crippen LogP contribution in [0, 0.1) is 11.8 Å². The Morgan fingerprint density at radius 1 is 1.07 bits per heavy atom. The Labute approximate surface area is 164 Å². The molecule has 1 aliphatic carbocycles. The molecular weight excluding hydrogens is 356 g/mol. The summed E-state index contributed by atoms with van der Waals surface area (Å²) in [6.07, 6.45) is 0.591. The molecule has 2 aliphatic rings. The average Bonchev–Trinajstić information content (AvgIpc) is 3.36. The quantitative estimate of drug-likeness (QED) is 0.834. The summed E-state index contributed by atoms with van der Waals surface area (Å²) in [6, 6.07) is 15.3. The molecule has 28 heavy (non-hydrogen) atoms. The Kier molecular flexibility index (Phi) is 4.94. The molecule has 2 unspecified atom stereocenters. The number of fused-ring (bicyclic) bond motifs is 1. The fourth-order valence-electron chi connectivity index (χ4n) is 3.48. The molecule has 146 valence electrons. The van der Waals surface area contributed by atoms with Crippen LogP contribution in [0.5, 0.6) is 11.5 Å². The topological polar surface area (TPSA) is 67.9 Å². The van der Waals surface area contributed by atoms with Gasteiger partial charge in [-0.05, 0) is 38.0 Å². The van der Waals surface area contributed by atoms with Crippen molar-refractivity contribution < 1.29 is 19.1 Å². The number of benzene rings is 2. The van der Waals surface area contributed by atoms with Crippen LogP contribution < -0.4 is 14.8 Å². The highest BCUT2D eigenvalue weighted by molar-refractivity contribution is 5.99. The number of carbonyl (C=O) groups is 2. The van der Waals surface area contributed by atoms with E-state index in [4.69, 9.17) is 9.47 Å². The summed E-state index contributed by atoms with van der Waals surface area (Å²) < 4.78 is 10.6. The molecule has 0 aromatic heterocycles. The van der Waals surface area contributed by atoms with E-state index in [1.54, 1.807) is 18.2 Å². The van der Waals surface area contributed by atoms with E-state index >= 15 is 0 Å². The molecule has 0 bridgehead atoms. The van der Waals surface area contributed by atoms with Crippen molar-refractivity contribution in [2.75, 3.05) is 12.1 Å². The number of hydrogen-bond donors (Lipinski definition) is 1. The first-order valence-corrected chi connectivity index (χ1v) is 9.58. The van der Waals surface area contributed by atoms with Gasteiger partial charge in [-0.3, -0.25) is 9.59 Å². The van der Waals surface area contributed by atoms with E-state index in [-0.39, 0.29) is 36.5 Å². The lowest BCUT2D eigenvalue weighted by atomic mass is 10.1. The van der Waals surface area contributed by atoms with Crippen LogP contribution in [0.1, 0.15) is 25.8 Å². The van der Waals surface area contributed by atoms with E-state index in [0.29, 0.717) is 30.2 Å². The SMILES string of the molecule is CC(C)N(Cc1ccccc1)C(=O)C1CC1C(=O)Nc1ccc2c(c1)OCO2. The van der Waals surface area contributed by atoms with Gasteiger partial charge < -0.3 is 19.7 Å². The zero-order valence-corrected chi connectivity index (χ0v) is 16.1. The normalized spacial score (nSPS) is 19.4. The number of hydrogen-bond acceptors (Lipinski definition) is 4. The standard InChI is InChI=1S/C22H24N2O4/c1-14(2)24(12-15-6-4-3-5-7-15)22(26)18-11-17(18)21(25)23-16-8-9-19-20(10-16)28-13-27-19/h3-10,14,17-18H,11-13H2,1-2H3,(H,23,25).